The summed E-state index contributed by atoms with van der Waals surface area (Å²) in [5, 5.41) is 4.36. The summed E-state index contributed by atoms with van der Waals surface area (Å²) in [7, 11) is 0. The maximum atomic E-state index is 12.8. The number of piperazine rings is 1. The van der Waals surface area contributed by atoms with Crippen LogP contribution in [0.3, 0.4) is 0 Å². The van der Waals surface area contributed by atoms with E-state index in [1.54, 1.807) is 15.9 Å². The van der Waals surface area contributed by atoms with E-state index in [1.807, 2.05) is 43.3 Å². The van der Waals surface area contributed by atoms with Crippen LogP contribution in [0.2, 0.25) is 0 Å². The lowest BCUT2D eigenvalue weighted by atomic mass is 10.2. The van der Waals surface area contributed by atoms with Crippen molar-refractivity contribution >= 4 is 11.7 Å². The number of rotatable bonds is 4. The van der Waals surface area contributed by atoms with Gasteiger partial charge in [0.2, 0.25) is 5.82 Å². The molecule has 4 rings (SSSR count). The molecule has 0 unspecified atom stereocenters. The molecule has 8 heteroatoms. The maximum Gasteiger partial charge on any atom is 0.293 e. The first kappa shape index (κ1) is 19.0. The third kappa shape index (κ3) is 4.11. The Bertz CT molecular complexity index is 991. The highest BCUT2D eigenvalue weighted by molar-refractivity contribution is 5.90. The summed E-state index contributed by atoms with van der Waals surface area (Å²) in [6.07, 6.45) is 1.58. The molecule has 29 heavy (non-hydrogen) atoms. The molecule has 8 nitrogen and oxygen atoms in total. The monoisotopic (exact) mass is 391 g/mol. The van der Waals surface area contributed by atoms with Crippen molar-refractivity contribution in [1.29, 1.82) is 0 Å². The van der Waals surface area contributed by atoms with Crippen LogP contribution in [0.15, 0.2) is 42.7 Å². The highest BCUT2D eigenvalue weighted by Crippen LogP contribution is 2.19. The van der Waals surface area contributed by atoms with E-state index in [4.69, 9.17) is 4.98 Å². The van der Waals surface area contributed by atoms with Gasteiger partial charge in [-0.15, -0.1) is 5.10 Å². The summed E-state index contributed by atoms with van der Waals surface area (Å²) < 4.78 is 1.63. The van der Waals surface area contributed by atoms with Gasteiger partial charge in [0.15, 0.2) is 0 Å². The lowest BCUT2D eigenvalue weighted by Crippen LogP contribution is -2.49. The molecule has 1 aliphatic heterocycles. The minimum atomic E-state index is -0.138. The third-order valence-electron chi connectivity index (χ3n) is 4.97. The number of benzene rings is 1. The first-order valence-corrected chi connectivity index (χ1v) is 9.88. The van der Waals surface area contributed by atoms with Crippen LogP contribution in [0, 0.1) is 6.92 Å². The van der Waals surface area contributed by atoms with Crippen molar-refractivity contribution in [3.63, 3.8) is 0 Å². The Morgan fingerprint density at radius 3 is 2.45 bits per heavy atom. The molecule has 0 aliphatic carbocycles. The summed E-state index contributed by atoms with van der Waals surface area (Å²) in [5.41, 5.74) is 1.84. The average molecular weight is 391 g/mol. The van der Waals surface area contributed by atoms with Crippen LogP contribution < -0.4 is 4.90 Å². The summed E-state index contributed by atoms with van der Waals surface area (Å²) in [4.78, 5) is 30.3. The Labute approximate surface area is 170 Å². The SMILES string of the molecule is Cc1cc(N2CCN(C(=O)c3ncn(-c4ccccc4)n3)CC2)nc(C(C)C)n1. The lowest BCUT2D eigenvalue weighted by Gasteiger charge is -2.35. The van der Waals surface area contributed by atoms with Gasteiger partial charge in [-0.25, -0.2) is 19.6 Å². The van der Waals surface area contributed by atoms with Crippen molar-refractivity contribution in [3.8, 4) is 5.69 Å². The van der Waals surface area contributed by atoms with Crippen LogP contribution in [-0.4, -0.2) is 61.7 Å². The number of aromatic nitrogens is 5. The molecule has 0 N–H and O–H groups in total. The number of aryl methyl sites for hydroxylation is 1. The summed E-state index contributed by atoms with van der Waals surface area (Å²) >= 11 is 0. The molecular formula is C21H25N7O. The van der Waals surface area contributed by atoms with Crippen LogP contribution in [-0.2, 0) is 0 Å². The van der Waals surface area contributed by atoms with Gasteiger partial charge in [0.1, 0.15) is 18.0 Å². The number of nitrogens with zero attached hydrogens (tertiary/aromatic N) is 7. The van der Waals surface area contributed by atoms with Gasteiger partial charge in [-0.2, -0.15) is 0 Å². The van der Waals surface area contributed by atoms with E-state index in [9.17, 15) is 4.79 Å². The fourth-order valence-corrected chi connectivity index (χ4v) is 3.34. The Morgan fingerprint density at radius 1 is 1.03 bits per heavy atom. The number of hydrogen-bond acceptors (Lipinski definition) is 6. The van der Waals surface area contributed by atoms with Gasteiger partial charge in [-0.1, -0.05) is 32.0 Å². The fourth-order valence-electron chi connectivity index (χ4n) is 3.34. The molecule has 0 spiro atoms. The van der Waals surface area contributed by atoms with Crippen molar-refractivity contribution in [2.45, 2.75) is 26.7 Å². The Balaban J connectivity index is 1.42. The molecule has 1 aromatic carbocycles. The molecule has 3 aromatic rings. The van der Waals surface area contributed by atoms with Gasteiger partial charge in [-0.3, -0.25) is 4.79 Å². The number of hydrogen-bond donors (Lipinski definition) is 0. The first-order chi connectivity index (χ1) is 14.0. The summed E-state index contributed by atoms with van der Waals surface area (Å²) in [6.45, 7) is 8.84. The second-order valence-corrected chi connectivity index (χ2v) is 7.51. The Kier molecular flexibility index (Phi) is 5.24. The first-order valence-electron chi connectivity index (χ1n) is 9.88. The quantitative estimate of drug-likeness (QED) is 0.680. The third-order valence-corrected chi connectivity index (χ3v) is 4.97. The van der Waals surface area contributed by atoms with E-state index in [2.05, 4.69) is 33.8 Å². The summed E-state index contributed by atoms with van der Waals surface area (Å²) in [6, 6.07) is 11.7. The van der Waals surface area contributed by atoms with Crippen molar-refractivity contribution in [2.24, 2.45) is 0 Å². The van der Waals surface area contributed by atoms with Gasteiger partial charge in [-0.05, 0) is 19.1 Å². The van der Waals surface area contributed by atoms with Gasteiger partial charge < -0.3 is 9.80 Å². The zero-order valence-electron chi connectivity index (χ0n) is 17.0. The molecule has 3 heterocycles. The minimum Gasteiger partial charge on any atom is -0.353 e. The number of anilines is 1. The minimum absolute atomic E-state index is 0.138. The topological polar surface area (TPSA) is 80.0 Å². The molecule has 1 fully saturated rings. The van der Waals surface area contributed by atoms with Crippen LogP contribution in [0.5, 0.6) is 0 Å². The number of carbonyl (C=O) groups is 1. The zero-order valence-corrected chi connectivity index (χ0v) is 17.0. The maximum absolute atomic E-state index is 12.8. The largest absolute Gasteiger partial charge is 0.353 e. The molecule has 0 saturated carbocycles. The van der Waals surface area contributed by atoms with Gasteiger partial charge in [0.25, 0.3) is 5.91 Å². The van der Waals surface area contributed by atoms with E-state index in [-0.39, 0.29) is 17.6 Å². The highest BCUT2D eigenvalue weighted by Gasteiger charge is 2.26. The molecule has 1 amide bonds. The molecule has 0 bridgehead atoms. The van der Waals surface area contributed by atoms with E-state index in [1.165, 1.54) is 0 Å². The number of carbonyl (C=O) groups excluding carboxylic acids is 1. The molecular weight excluding hydrogens is 366 g/mol. The Morgan fingerprint density at radius 2 is 1.76 bits per heavy atom. The number of amides is 1. The fraction of sp³-hybridized carbons (Fsp3) is 0.381. The van der Waals surface area contributed by atoms with Gasteiger partial charge in [0, 0.05) is 43.9 Å². The smallest absolute Gasteiger partial charge is 0.293 e. The van der Waals surface area contributed by atoms with Crippen LogP contribution in [0.1, 0.15) is 41.9 Å². The molecule has 1 aliphatic rings. The predicted octanol–water partition coefficient (Wildman–Crippen LogP) is 2.45. The van der Waals surface area contributed by atoms with Gasteiger partial charge >= 0.3 is 0 Å². The average Bonchev–Trinajstić information content (AvgIpc) is 3.24. The van der Waals surface area contributed by atoms with E-state index in [0.717, 1.165) is 36.1 Å². The van der Waals surface area contributed by atoms with Crippen molar-refractivity contribution in [1.82, 2.24) is 29.6 Å². The molecule has 0 radical (unpaired) electrons. The van der Waals surface area contributed by atoms with Crippen molar-refractivity contribution in [2.75, 3.05) is 31.1 Å². The van der Waals surface area contributed by atoms with Crippen molar-refractivity contribution < 1.29 is 4.79 Å². The van der Waals surface area contributed by atoms with E-state index in [0.29, 0.717) is 13.1 Å². The van der Waals surface area contributed by atoms with E-state index < -0.39 is 0 Å². The van der Waals surface area contributed by atoms with Crippen LogP contribution >= 0.6 is 0 Å². The van der Waals surface area contributed by atoms with Gasteiger partial charge in [0.05, 0.1) is 5.69 Å². The van der Waals surface area contributed by atoms with Crippen molar-refractivity contribution in [3.05, 3.63) is 60.1 Å². The predicted molar refractivity (Wildman–Crippen MR) is 110 cm³/mol. The summed E-state index contributed by atoms with van der Waals surface area (Å²) in [5.74, 6) is 2.15. The molecule has 2 aromatic heterocycles. The number of para-hydroxylation sites is 1. The van der Waals surface area contributed by atoms with Crippen LogP contribution in [0.4, 0.5) is 5.82 Å². The normalized spacial score (nSPS) is 14.5. The molecule has 1 saturated heterocycles. The standard InChI is InChI=1S/C21H25N7O/c1-15(2)19-23-16(3)13-18(24-19)26-9-11-27(12-10-26)21(29)20-22-14-28(25-20)17-7-5-4-6-8-17/h4-8,13-15H,9-12H2,1-3H3. The zero-order chi connectivity index (χ0) is 20.4. The lowest BCUT2D eigenvalue weighted by molar-refractivity contribution is 0.0734. The Hall–Kier alpha value is -3.29. The molecule has 0 atom stereocenters. The molecule has 150 valence electrons. The second kappa shape index (κ2) is 7.98. The van der Waals surface area contributed by atoms with E-state index >= 15 is 0 Å². The van der Waals surface area contributed by atoms with Crippen LogP contribution in [0.25, 0.3) is 5.69 Å². The second-order valence-electron chi connectivity index (χ2n) is 7.51. The highest BCUT2D eigenvalue weighted by atomic mass is 16.2.